The summed E-state index contributed by atoms with van der Waals surface area (Å²) in [6, 6.07) is 0.135. The van der Waals surface area contributed by atoms with Crippen molar-refractivity contribution in [1.82, 2.24) is 4.90 Å². The van der Waals surface area contributed by atoms with Gasteiger partial charge in [0.05, 0.1) is 6.61 Å². The lowest BCUT2D eigenvalue weighted by Crippen LogP contribution is -2.51. The first-order chi connectivity index (χ1) is 6.90. The Balaban J connectivity index is 4.15. The molecule has 0 rings (SSSR count). The predicted octanol–water partition coefficient (Wildman–Crippen LogP) is 1.31. The Labute approximate surface area is 94.6 Å². The molecule has 0 fully saturated rings. The largest absolute Gasteiger partial charge is 0.395 e. The molecule has 0 aliphatic heterocycles. The van der Waals surface area contributed by atoms with Crippen molar-refractivity contribution >= 4 is 0 Å². The van der Waals surface area contributed by atoms with Crippen molar-refractivity contribution in [3.05, 3.63) is 0 Å². The summed E-state index contributed by atoms with van der Waals surface area (Å²) in [6.07, 6.45) is 1.15. The molecule has 0 saturated carbocycles. The highest BCUT2D eigenvalue weighted by Gasteiger charge is 2.23. The van der Waals surface area contributed by atoms with Crippen LogP contribution in [0.3, 0.4) is 0 Å². The van der Waals surface area contributed by atoms with Crippen molar-refractivity contribution in [3.63, 3.8) is 0 Å². The second kappa shape index (κ2) is 7.20. The maximum Gasteiger partial charge on any atom is 0.0601 e. The molecule has 0 aromatic carbocycles. The molecule has 92 valence electrons. The Morgan fingerprint density at radius 1 is 1.20 bits per heavy atom. The van der Waals surface area contributed by atoms with E-state index in [2.05, 4.69) is 32.6 Å². The minimum absolute atomic E-state index is 0.0483. The van der Waals surface area contributed by atoms with Crippen LogP contribution in [0.15, 0.2) is 0 Å². The average Bonchev–Trinajstić information content (AvgIpc) is 2.15. The van der Waals surface area contributed by atoms with Crippen LogP contribution in [0, 0.1) is 11.8 Å². The summed E-state index contributed by atoms with van der Waals surface area (Å²) in [5.41, 5.74) is 6.08. The highest BCUT2D eigenvalue weighted by molar-refractivity contribution is 4.82. The summed E-state index contributed by atoms with van der Waals surface area (Å²) in [7, 11) is 2.05. The predicted molar refractivity (Wildman–Crippen MR) is 65.8 cm³/mol. The maximum absolute atomic E-state index is 9.36. The molecular weight excluding hydrogens is 188 g/mol. The van der Waals surface area contributed by atoms with Crippen LogP contribution >= 0.6 is 0 Å². The molecule has 0 aromatic rings. The van der Waals surface area contributed by atoms with Gasteiger partial charge in [0.1, 0.15) is 0 Å². The van der Waals surface area contributed by atoms with E-state index in [4.69, 9.17) is 5.73 Å². The van der Waals surface area contributed by atoms with Crippen molar-refractivity contribution in [2.45, 2.75) is 46.2 Å². The zero-order valence-corrected chi connectivity index (χ0v) is 10.9. The third kappa shape index (κ3) is 5.50. The zero-order valence-electron chi connectivity index (χ0n) is 10.9. The number of nitrogens with two attached hydrogens (primary N) is 1. The van der Waals surface area contributed by atoms with Gasteiger partial charge in [0.15, 0.2) is 0 Å². The highest BCUT2D eigenvalue weighted by atomic mass is 16.3. The Kier molecular flexibility index (Phi) is 7.14. The van der Waals surface area contributed by atoms with Crippen molar-refractivity contribution in [2.75, 3.05) is 20.2 Å². The van der Waals surface area contributed by atoms with Crippen LogP contribution in [0.4, 0.5) is 0 Å². The zero-order chi connectivity index (χ0) is 12.0. The van der Waals surface area contributed by atoms with Gasteiger partial charge in [0.25, 0.3) is 0 Å². The summed E-state index contributed by atoms with van der Waals surface area (Å²) in [6.45, 7) is 9.78. The highest BCUT2D eigenvalue weighted by Crippen LogP contribution is 2.11. The summed E-state index contributed by atoms with van der Waals surface area (Å²) < 4.78 is 0. The molecular formula is C12H28N2O. The Bertz CT molecular complexity index is 160. The summed E-state index contributed by atoms with van der Waals surface area (Å²) in [5, 5.41) is 9.36. The molecule has 2 unspecified atom stereocenters. The van der Waals surface area contributed by atoms with Crippen molar-refractivity contribution in [2.24, 2.45) is 17.6 Å². The first-order valence-electron chi connectivity index (χ1n) is 5.96. The number of rotatable bonds is 7. The van der Waals surface area contributed by atoms with E-state index in [1.165, 1.54) is 0 Å². The molecule has 0 aliphatic carbocycles. The van der Waals surface area contributed by atoms with Crippen molar-refractivity contribution in [1.29, 1.82) is 0 Å². The molecule has 0 heterocycles. The first-order valence-corrected chi connectivity index (χ1v) is 5.96. The molecule has 0 amide bonds. The van der Waals surface area contributed by atoms with Gasteiger partial charge in [-0.1, -0.05) is 27.7 Å². The molecule has 0 radical (unpaired) electrons. The fraction of sp³-hybridized carbons (Fsp3) is 1.00. The van der Waals surface area contributed by atoms with Gasteiger partial charge in [-0.25, -0.2) is 0 Å². The summed E-state index contributed by atoms with van der Waals surface area (Å²) in [4.78, 5) is 2.19. The molecule has 3 nitrogen and oxygen atoms in total. The summed E-state index contributed by atoms with van der Waals surface area (Å²) >= 11 is 0. The van der Waals surface area contributed by atoms with Gasteiger partial charge in [0, 0.05) is 12.1 Å². The molecule has 0 spiro atoms. The molecule has 3 heteroatoms. The minimum Gasteiger partial charge on any atom is -0.395 e. The number of nitrogens with zero attached hydrogens (tertiary/aromatic N) is 1. The lowest BCUT2D eigenvalue weighted by molar-refractivity contribution is 0.109. The number of aliphatic hydroxyl groups is 1. The normalized spacial score (nSPS) is 16.4. The van der Waals surface area contributed by atoms with Crippen LogP contribution < -0.4 is 5.73 Å². The van der Waals surface area contributed by atoms with Gasteiger partial charge >= 0.3 is 0 Å². The molecule has 15 heavy (non-hydrogen) atoms. The number of likely N-dealkylation sites (N-methyl/N-ethyl adjacent to an activating group) is 1. The van der Waals surface area contributed by atoms with Gasteiger partial charge in [-0.2, -0.15) is 0 Å². The monoisotopic (exact) mass is 216 g/mol. The van der Waals surface area contributed by atoms with E-state index in [1.54, 1.807) is 0 Å². The molecule has 2 atom stereocenters. The van der Waals surface area contributed by atoms with Crippen LogP contribution in [0.25, 0.3) is 0 Å². The van der Waals surface area contributed by atoms with E-state index in [0.29, 0.717) is 11.8 Å². The number of aliphatic hydroxyl groups excluding tert-OH is 1. The fourth-order valence-electron chi connectivity index (χ4n) is 1.63. The topological polar surface area (TPSA) is 49.5 Å². The smallest absolute Gasteiger partial charge is 0.0601 e. The Morgan fingerprint density at radius 3 is 2.07 bits per heavy atom. The Hall–Kier alpha value is -0.120. The van der Waals surface area contributed by atoms with Gasteiger partial charge in [-0.15, -0.1) is 0 Å². The van der Waals surface area contributed by atoms with Crippen LogP contribution in [0.2, 0.25) is 0 Å². The average molecular weight is 216 g/mol. The van der Waals surface area contributed by atoms with E-state index >= 15 is 0 Å². The number of hydrogen-bond acceptors (Lipinski definition) is 3. The third-order valence-electron chi connectivity index (χ3n) is 3.03. The lowest BCUT2D eigenvalue weighted by atomic mass is 9.96. The van der Waals surface area contributed by atoms with E-state index in [1.807, 2.05) is 7.05 Å². The third-order valence-corrected chi connectivity index (χ3v) is 3.03. The molecule has 0 aliphatic rings. The molecule has 0 aromatic heterocycles. The second-order valence-corrected chi connectivity index (χ2v) is 5.23. The van der Waals surface area contributed by atoms with Gasteiger partial charge in [-0.3, -0.25) is 4.90 Å². The Morgan fingerprint density at radius 2 is 1.73 bits per heavy atom. The summed E-state index contributed by atoms with van der Waals surface area (Å²) in [5.74, 6) is 1.10. The quantitative estimate of drug-likeness (QED) is 0.674. The number of hydrogen-bond donors (Lipinski definition) is 2. The van der Waals surface area contributed by atoms with E-state index in [0.717, 1.165) is 13.0 Å². The van der Waals surface area contributed by atoms with Crippen LogP contribution in [-0.2, 0) is 0 Å². The van der Waals surface area contributed by atoms with Gasteiger partial charge < -0.3 is 10.8 Å². The fourth-order valence-corrected chi connectivity index (χ4v) is 1.63. The van der Waals surface area contributed by atoms with Crippen LogP contribution in [0.1, 0.15) is 34.1 Å². The van der Waals surface area contributed by atoms with Gasteiger partial charge in [0.2, 0.25) is 0 Å². The van der Waals surface area contributed by atoms with Crippen LogP contribution in [-0.4, -0.2) is 42.3 Å². The standard InChI is InChI=1S/C12H28N2O/c1-9(2)6-7-14(5)11(8-15)12(13)10(3)4/h9-12,15H,6-8,13H2,1-5H3. The minimum atomic E-state index is 0.0483. The maximum atomic E-state index is 9.36. The van der Waals surface area contributed by atoms with Crippen molar-refractivity contribution < 1.29 is 5.11 Å². The van der Waals surface area contributed by atoms with E-state index in [-0.39, 0.29) is 18.7 Å². The lowest BCUT2D eigenvalue weighted by Gasteiger charge is -2.33. The molecule has 3 N–H and O–H groups in total. The van der Waals surface area contributed by atoms with E-state index < -0.39 is 0 Å². The molecule has 0 saturated heterocycles. The van der Waals surface area contributed by atoms with Crippen molar-refractivity contribution in [3.8, 4) is 0 Å². The first kappa shape index (κ1) is 14.9. The molecule has 0 bridgehead atoms. The van der Waals surface area contributed by atoms with E-state index in [9.17, 15) is 5.11 Å². The van der Waals surface area contributed by atoms with Gasteiger partial charge in [-0.05, 0) is 31.8 Å². The SMILES string of the molecule is CC(C)CCN(C)C(CO)C(N)C(C)C. The second-order valence-electron chi connectivity index (χ2n) is 5.23. The van der Waals surface area contributed by atoms with Crippen LogP contribution in [0.5, 0.6) is 0 Å².